The summed E-state index contributed by atoms with van der Waals surface area (Å²) in [6.45, 7) is 16.0. The van der Waals surface area contributed by atoms with Crippen molar-refractivity contribution in [1.29, 1.82) is 0 Å². The highest BCUT2D eigenvalue weighted by molar-refractivity contribution is 7.92. The number of aromatic nitrogens is 1. The van der Waals surface area contributed by atoms with Crippen LogP contribution in [0, 0.1) is 5.92 Å². The number of rotatable bonds is 11. The molecule has 5 atom stereocenters. The van der Waals surface area contributed by atoms with Crippen molar-refractivity contribution in [2.75, 3.05) is 31.9 Å². The molecule has 2 saturated heterocycles. The number of carbonyl (C=O) groups excluding carboxylic acids is 2. The van der Waals surface area contributed by atoms with Gasteiger partial charge in [-0.15, -0.1) is 0 Å². The summed E-state index contributed by atoms with van der Waals surface area (Å²) in [5.41, 5.74) is 1.76. The van der Waals surface area contributed by atoms with Crippen LogP contribution in [0.15, 0.2) is 18.3 Å². The Kier molecular flexibility index (Phi) is 11.8. The summed E-state index contributed by atoms with van der Waals surface area (Å²) in [4.78, 5) is 34.9. The van der Waals surface area contributed by atoms with Crippen LogP contribution in [-0.2, 0) is 32.3 Å². The molecule has 3 heterocycles. The van der Waals surface area contributed by atoms with E-state index in [1.807, 2.05) is 58.7 Å². The van der Waals surface area contributed by atoms with Crippen molar-refractivity contribution in [2.45, 2.75) is 109 Å². The molecule has 42 heavy (non-hydrogen) atoms. The second kappa shape index (κ2) is 14.5. The molecule has 1 aromatic heterocycles. The molecule has 0 bridgehead atoms. The molecule has 12 heteroatoms. The zero-order valence-corrected chi connectivity index (χ0v) is 27.1. The number of aryl methyl sites for hydroxylation is 1. The van der Waals surface area contributed by atoms with E-state index in [9.17, 15) is 23.1 Å². The van der Waals surface area contributed by atoms with Gasteiger partial charge in [0.15, 0.2) is 9.84 Å². The third kappa shape index (κ3) is 9.36. The second-order valence-corrected chi connectivity index (χ2v) is 15.3. The van der Waals surface area contributed by atoms with E-state index in [1.54, 1.807) is 0 Å². The minimum Gasteiger partial charge on any atom is -0.445 e. The summed E-state index contributed by atoms with van der Waals surface area (Å²) in [5, 5.41) is 16.3. The molecule has 1 aromatic rings. The predicted molar refractivity (Wildman–Crippen MR) is 163 cm³/mol. The van der Waals surface area contributed by atoms with Crippen LogP contribution < -0.4 is 10.6 Å². The lowest BCUT2D eigenvalue weighted by atomic mass is 10.0. The van der Waals surface area contributed by atoms with Crippen molar-refractivity contribution in [2.24, 2.45) is 5.92 Å². The normalized spacial score (nSPS) is 24.7. The number of sulfone groups is 1. The molecule has 2 aliphatic heterocycles. The largest absolute Gasteiger partial charge is 0.445 e. The Hall–Kier alpha value is -2.28. The number of nitrogens with one attached hydrogen (secondary N) is 2. The highest BCUT2D eigenvalue weighted by Crippen LogP contribution is 2.29. The first-order chi connectivity index (χ1) is 19.6. The molecular formula is C30H51N5O6S. The number of β-amino-alcohol motifs (C(OH)–C–C–N with tert-alkyl or cyclic N) is 1. The number of aliphatic hydroxyl groups is 1. The highest BCUT2D eigenvalue weighted by Gasteiger charge is 2.44. The number of alkyl carbamates (subject to hydrolysis) is 1. The Balaban J connectivity index is 1.66. The summed E-state index contributed by atoms with van der Waals surface area (Å²) in [6.07, 6.45) is 0.983. The lowest BCUT2D eigenvalue weighted by Gasteiger charge is -2.43. The molecule has 238 valence electrons. The van der Waals surface area contributed by atoms with E-state index in [4.69, 9.17) is 4.74 Å². The molecule has 0 spiro atoms. The first kappa shape index (κ1) is 34.2. The fourth-order valence-electron chi connectivity index (χ4n) is 5.96. The highest BCUT2D eigenvalue weighted by atomic mass is 32.2. The van der Waals surface area contributed by atoms with Gasteiger partial charge < -0.3 is 20.5 Å². The minimum atomic E-state index is -3.31. The number of carbonyl (C=O) groups is 2. The Morgan fingerprint density at radius 2 is 1.93 bits per heavy atom. The third-order valence-corrected chi connectivity index (χ3v) is 10.5. The SMILES string of the molecule is CCc1cc(CN2CCN(C[C@@H](O)[C@H](CC)NC(=O)O[C@@H]3CCS(=O)(=O)[C@@H]3C(C)C)[C@H](C(=O)NC(C)(C)C)C2)ccn1. The van der Waals surface area contributed by atoms with Crippen LogP contribution in [0.2, 0.25) is 0 Å². The van der Waals surface area contributed by atoms with Gasteiger partial charge in [0.1, 0.15) is 17.4 Å². The number of piperazine rings is 1. The van der Waals surface area contributed by atoms with Gasteiger partial charge >= 0.3 is 6.09 Å². The van der Waals surface area contributed by atoms with Crippen LogP contribution in [-0.4, -0.2) is 107 Å². The molecule has 11 nitrogen and oxygen atoms in total. The van der Waals surface area contributed by atoms with Gasteiger partial charge in [0.2, 0.25) is 5.91 Å². The van der Waals surface area contributed by atoms with E-state index >= 15 is 0 Å². The fraction of sp³-hybridized carbons (Fsp3) is 0.767. The van der Waals surface area contributed by atoms with Crippen LogP contribution in [0.5, 0.6) is 0 Å². The van der Waals surface area contributed by atoms with Gasteiger partial charge in [0, 0.05) is 50.2 Å². The van der Waals surface area contributed by atoms with E-state index in [0.29, 0.717) is 26.1 Å². The fourth-order valence-corrected chi connectivity index (χ4v) is 8.28. The first-order valence-electron chi connectivity index (χ1n) is 15.2. The molecule has 0 unspecified atom stereocenters. The standard InChI is InChI=1S/C30H51N5O6S/c1-8-22-16-21(10-12-31-22)17-34-13-14-35(24(18-34)28(37)33-30(5,6)7)19-25(36)23(9-2)32-29(38)41-26-11-15-42(39,40)27(26)20(3)4/h10,12,16,20,23-27,36H,8-9,11,13-15,17-19H2,1-7H3,(H,32,38)(H,33,37)/t23-,24-,25+,26+,27+/m0/s1. The van der Waals surface area contributed by atoms with Gasteiger partial charge in [-0.2, -0.15) is 0 Å². The molecule has 0 aliphatic carbocycles. The number of hydrogen-bond donors (Lipinski definition) is 3. The molecule has 0 aromatic carbocycles. The average Bonchev–Trinajstić information content (AvgIpc) is 3.20. The van der Waals surface area contributed by atoms with Gasteiger partial charge in [-0.1, -0.05) is 27.7 Å². The third-order valence-electron chi connectivity index (χ3n) is 8.04. The molecule has 3 rings (SSSR count). The molecule has 3 N–H and O–H groups in total. The lowest BCUT2D eigenvalue weighted by Crippen LogP contribution is -2.63. The van der Waals surface area contributed by atoms with E-state index in [1.165, 1.54) is 0 Å². The predicted octanol–water partition coefficient (Wildman–Crippen LogP) is 2.12. The van der Waals surface area contributed by atoms with Crippen molar-refractivity contribution in [3.8, 4) is 0 Å². The average molecular weight is 610 g/mol. The van der Waals surface area contributed by atoms with E-state index < -0.39 is 51.0 Å². The number of hydrogen-bond acceptors (Lipinski definition) is 9. The molecule has 2 aliphatic rings. The number of aliphatic hydroxyl groups excluding tert-OH is 1. The number of ether oxygens (including phenoxy) is 1. The number of nitrogens with zero attached hydrogens (tertiary/aromatic N) is 3. The van der Waals surface area contributed by atoms with Gasteiger partial charge in [-0.3, -0.25) is 19.6 Å². The van der Waals surface area contributed by atoms with Gasteiger partial charge in [-0.25, -0.2) is 13.2 Å². The molecule has 0 radical (unpaired) electrons. The van der Waals surface area contributed by atoms with Crippen LogP contribution in [0.4, 0.5) is 4.79 Å². The first-order valence-corrected chi connectivity index (χ1v) is 16.9. The van der Waals surface area contributed by atoms with Crippen LogP contribution >= 0.6 is 0 Å². The minimum absolute atomic E-state index is 0.00144. The van der Waals surface area contributed by atoms with Crippen molar-refractivity contribution in [1.82, 2.24) is 25.4 Å². The molecular weight excluding hydrogens is 558 g/mol. The Morgan fingerprint density at radius 3 is 2.55 bits per heavy atom. The zero-order valence-electron chi connectivity index (χ0n) is 26.3. The second-order valence-electron chi connectivity index (χ2n) is 13.0. The smallest absolute Gasteiger partial charge is 0.407 e. The van der Waals surface area contributed by atoms with E-state index in [-0.39, 0.29) is 30.5 Å². The van der Waals surface area contributed by atoms with Crippen molar-refractivity contribution < 1.29 is 27.9 Å². The molecule has 2 amide bonds. The van der Waals surface area contributed by atoms with Crippen molar-refractivity contribution in [3.63, 3.8) is 0 Å². The summed E-state index contributed by atoms with van der Waals surface area (Å²) in [7, 11) is -3.31. The van der Waals surface area contributed by atoms with Gasteiger partial charge in [0.05, 0.1) is 17.9 Å². The van der Waals surface area contributed by atoms with Crippen LogP contribution in [0.1, 0.15) is 72.6 Å². The summed E-state index contributed by atoms with van der Waals surface area (Å²) in [6, 6.07) is 2.99. The van der Waals surface area contributed by atoms with E-state index in [0.717, 1.165) is 24.2 Å². The number of amides is 2. The van der Waals surface area contributed by atoms with Crippen LogP contribution in [0.25, 0.3) is 0 Å². The number of pyridine rings is 1. The summed E-state index contributed by atoms with van der Waals surface area (Å²) >= 11 is 0. The maximum absolute atomic E-state index is 13.4. The topological polar surface area (TPSA) is 141 Å². The Bertz CT molecular complexity index is 1170. The van der Waals surface area contributed by atoms with Crippen LogP contribution in [0.3, 0.4) is 0 Å². The zero-order chi connectivity index (χ0) is 31.2. The van der Waals surface area contributed by atoms with Crippen molar-refractivity contribution >= 4 is 21.8 Å². The summed E-state index contributed by atoms with van der Waals surface area (Å²) in [5.74, 6) is -0.283. The Labute approximate surface area is 251 Å². The van der Waals surface area contributed by atoms with Crippen molar-refractivity contribution in [3.05, 3.63) is 29.6 Å². The molecule has 0 saturated carbocycles. The maximum Gasteiger partial charge on any atom is 0.407 e. The summed E-state index contributed by atoms with van der Waals surface area (Å²) < 4.78 is 30.4. The van der Waals surface area contributed by atoms with E-state index in [2.05, 4.69) is 33.5 Å². The van der Waals surface area contributed by atoms with Gasteiger partial charge in [0.25, 0.3) is 0 Å². The molecule has 2 fully saturated rings. The quantitative estimate of drug-likeness (QED) is 0.344. The maximum atomic E-state index is 13.4. The monoisotopic (exact) mass is 609 g/mol. The lowest BCUT2D eigenvalue weighted by molar-refractivity contribution is -0.131. The van der Waals surface area contributed by atoms with Gasteiger partial charge in [-0.05, 0) is 63.6 Å². The Morgan fingerprint density at radius 1 is 1.21 bits per heavy atom.